The zero-order valence-electron chi connectivity index (χ0n) is 19.4. The molecule has 39 heavy (non-hydrogen) atoms. The first kappa shape index (κ1) is 27.8. The van der Waals surface area contributed by atoms with Gasteiger partial charge in [0.25, 0.3) is 0 Å². The number of hydrogen-bond acceptors (Lipinski definition) is 0. The molecule has 0 unspecified atom stereocenters. The van der Waals surface area contributed by atoms with E-state index in [0.29, 0.717) is 21.2 Å². The van der Waals surface area contributed by atoms with Crippen LogP contribution in [0.25, 0.3) is 44.5 Å². The second kappa shape index (κ2) is 11.0. The minimum Gasteiger partial charge on any atom is -0.206 e. The van der Waals surface area contributed by atoms with E-state index in [1.54, 1.807) is 36.4 Å². The fourth-order valence-electron chi connectivity index (χ4n) is 4.44. The van der Waals surface area contributed by atoms with E-state index in [1.807, 2.05) is 0 Å². The molecule has 196 valence electrons. The Morgan fingerprint density at radius 1 is 0.436 bits per heavy atom. The Hall–Kier alpha value is -2.73. The van der Waals surface area contributed by atoms with Crippen LogP contribution in [0.3, 0.4) is 0 Å². The molecule has 9 heteroatoms. The summed E-state index contributed by atoms with van der Waals surface area (Å²) in [6, 6.07) is 17.5. The Kier molecular flexibility index (Phi) is 7.87. The quantitative estimate of drug-likeness (QED) is 0.174. The Morgan fingerprint density at radius 2 is 1.00 bits per heavy atom. The van der Waals surface area contributed by atoms with E-state index in [0.717, 1.165) is 18.2 Å². The first-order valence-electron chi connectivity index (χ1n) is 11.2. The van der Waals surface area contributed by atoms with Gasteiger partial charge < -0.3 is 0 Å². The van der Waals surface area contributed by atoms with Crippen molar-refractivity contribution >= 4 is 58.0 Å². The molecule has 0 heterocycles. The molecule has 0 amide bonds. The third kappa shape index (κ3) is 5.01. The zero-order valence-corrected chi connectivity index (χ0v) is 23.2. The third-order valence-electron chi connectivity index (χ3n) is 6.15. The predicted molar refractivity (Wildman–Crippen MR) is 153 cm³/mol. The van der Waals surface area contributed by atoms with Crippen LogP contribution in [0.15, 0.2) is 78.9 Å². The second-order valence-corrected chi connectivity index (χ2v) is 10.5. The van der Waals surface area contributed by atoms with Crippen LogP contribution in [0.2, 0.25) is 25.1 Å². The van der Waals surface area contributed by atoms with Gasteiger partial charge in [0, 0.05) is 48.4 Å². The average molecular weight is 627 g/mol. The lowest BCUT2D eigenvalue weighted by Crippen LogP contribution is -2.02. The van der Waals surface area contributed by atoms with Crippen molar-refractivity contribution in [3.05, 3.63) is 127 Å². The van der Waals surface area contributed by atoms with E-state index in [4.69, 9.17) is 58.0 Å². The monoisotopic (exact) mass is 624 g/mol. The van der Waals surface area contributed by atoms with Crippen LogP contribution < -0.4 is 0 Å². The molecule has 0 nitrogen and oxygen atoms in total. The highest BCUT2D eigenvalue weighted by molar-refractivity contribution is 6.45. The molecule has 0 fully saturated rings. The van der Waals surface area contributed by atoms with Crippen molar-refractivity contribution in [1.82, 2.24) is 0 Å². The fraction of sp³-hybridized carbons (Fsp3) is 0. The maximum atomic E-state index is 15.4. The molecular formula is C30H13Cl5F4. The molecule has 0 atom stereocenters. The molecule has 0 bridgehead atoms. The van der Waals surface area contributed by atoms with Gasteiger partial charge in [-0.3, -0.25) is 0 Å². The van der Waals surface area contributed by atoms with Gasteiger partial charge >= 0.3 is 0 Å². The van der Waals surface area contributed by atoms with E-state index >= 15 is 13.2 Å². The Morgan fingerprint density at radius 3 is 1.64 bits per heavy atom. The van der Waals surface area contributed by atoms with Gasteiger partial charge in [-0.05, 0) is 48.0 Å². The van der Waals surface area contributed by atoms with Crippen LogP contribution in [0.5, 0.6) is 0 Å². The molecule has 0 N–H and O–H groups in total. The summed E-state index contributed by atoms with van der Waals surface area (Å²) >= 11 is 32.6. The molecular weight excluding hydrogens is 614 g/mol. The van der Waals surface area contributed by atoms with Crippen molar-refractivity contribution in [2.24, 2.45) is 0 Å². The first-order chi connectivity index (χ1) is 18.6. The summed E-state index contributed by atoms with van der Waals surface area (Å²) in [6.07, 6.45) is 0. The average Bonchev–Trinajstić information content (AvgIpc) is 2.88. The standard InChI is InChI=1S/C30H13Cl5F4/c31-15-9-7-14(8-10-15)23-27(26-20(36)4-2-5-21(26)37)24(18-3-1-6-22(38)30(18)39)29(35)25(28(23)34)17-12-11-16(32)13-19(17)33/h1-13H. The van der Waals surface area contributed by atoms with E-state index in [-0.39, 0.29) is 42.9 Å². The van der Waals surface area contributed by atoms with Crippen LogP contribution in [0.1, 0.15) is 0 Å². The molecule has 0 radical (unpaired) electrons. The van der Waals surface area contributed by atoms with Crippen LogP contribution >= 0.6 is 58.0 Å². The molecule has 0 saturated heterocycles. The number of hydrogen-bond donors (Lipinski definition) is 0. The summed E-state index contributed by atoms with van der Waals surface area (Å²) in [6.45, 7) is 0. The van der Waals surface area contributed by atoms with Gasteiger partial charge in [0.05, 0.1) is 15.6 Å². The SMILES string of the molecule is Fc1cccc(-c2c(Cl)c(-c3ccc(Cl)cc3Cl)c(Cl)c(-c3ccc(Cl)cc3)c2-c2c(F)cccc2F)c1F. The summed E-state index contributed by atoms with van der Waals surface area (Å²) in [7, 11) is 0. The Labute approximate surface area is 246 Å². The van der Waals surface area contributed by atoms with Gasteiger partial charge in [0.2, 0.25) is 0 Å². The maximum absolute atomic E-state index is 15.4. The van der Waals surface area contributed by atoms with Gasteiger partial charge in [0.1, 0.15) is 11.6 Å². The fourth-order valence-corrected chi connectivity index (χ4v) is 5.91. The summed E-state index contributed by atoms with van der Waals surface area (Å²) in [5, 5.41) is 0.632. The smallest absolute Gasteiger partial charge is 0.166 e. The highest BCUT2D eigenvalue weighted by atomic mass is 35.5. The lowest BCUT2D eigenvalue weighted by atomic mass is 9.83. The lowest BCUT2D eigenvalue weighted by molar-refractivity contribution is 0.511. The third-order valence-corrected chi connectivity index (χ3v) is 7.70. The molecule has 0 saturated carbocycles. The topological polar surface area (TPSA) is 0 Å². The van der Waals surface area contributed by atoms with Gasteiger partial charge in [-0.2, -0.15) is 0 Å². The Bertz CT molecular complexity index is 1730. The van der Waals surface area contributed by atoms with Crippen LogP contribution in [0.4, 0.5) is 17.6 Å². The lowest BCUT2D eigenvalue weighted by Gasteiger charge is -2.24. The predicted octanol–water partition coefficient (Wildman–Crippen LogP) is 12.2. The zero-order chi connectivity index (χ0) is 28.0. The molecule has 0 spiro atoms. The van der Waals surface area contributed by atoms with Gasteiger partial charge in [0.15, 0.2) is 11.6 Å². The van der Waals surface area contributed by atoms with Crippen molar-refractivity contribution in [3.63, 3.8) is 0 Å². The van der Waals surface area contributed by atoms with Crippen molar-refractivity contribution in [2.75, 3.05) is 0 Å². The van der Waals surface area contributed by atoms with E-state index in [1.165, 1.54) is 24.3 Å². The summed E-state index contributed by atoms with van der Waals surface area (Å²) in [5.41, 5.74) is -0.317. The molecule has 0 aliphatic rings. The molecule has 5 rings (SSSR count). The van der Waals surface area contributed by atoms with Crippen molar-refractivity contribution in [3.8, 4) is 44.5 Å². The van der Waals surface area contributed by atoms with E-state index in [9.17, 15) is 4.39 Å². The van der Waals surface area contributed by atoms with Crippen LogP contribution in [0, 0.1) is 23.3 Å². The number of rotatable bonds is 4. The van der Waals surface area contributed by atoms with Crippen molar-refractivity contribution in [1.29, 1.82) is 0 Å². The highest BCUT2D eigenvalue weighted by Crippen LogP contribution is 2.55. The summed E-state index contributed by atoms with van der Waals surface area (Å²) in [4.78, 5) is 0. The number of halogens is 9. The van der Waals surface area contributed by atoms with Gasteiger partial charge in [-0.25, -0.2) is 17.6 Å². The highest BCUT2D eigenvalue weighted by Gasteiger charge is 2.31. The first-order valence-corrected chi connectivity index (χ1v) is 13.1. The minimum atomic E-state index is -1.27. The Balaban J connectivity index is 2.08. The van der Waals surface area contributed by atoms with Crippen LogP contribution in [-0.2, 0) is 0 Å². The molecule has 0 aromatic heterocycles. The number of benzene rings is 5. The second-order valence-electron chi connectivity index (χ2n) is 8.46. The summed E-state index contributed by atoms with van der Waals surface area (Å²) < 4.78 is 60.8. The van der Waals surface area contributed by atoms with Crippen LogP contribution in [-0.4, -0.2) is 0 Å². The largest absolute Gasteiger partial charge is 0.206 e. The molecule has 5 aromatic rings. The van der Waals surface area contributed by atoms with Gasteiger partial charge in [-0.15, -0.1) is 0 Å². The molecule has 5 aromatic carbocycles. The maximum Gasteiger partial charge on any atom is 0.166 e. The van der Waals surface area contributed by atoms with Crippen molar-refractivity contribution < 1.29 is 17.6 Å². The molecule has 0 aliphatic heterocycles. The minimum absolute atomic E-state index is 0.0373. The molecule has 0 aliphatic carbocycles. The van der Waals surface area contributed by atoms with E-state index in [2.05, 4.69) is 0 Å². The normalized spacial score (nSPS) is 11.2. The van der Waals surface area contributed by atoms with Gasteiger partial charge in [-0.1, -0.05) is 94.4 Å². The van der Waals surface area contributed by atoms with Crippen molar-refractivity contribution in [2.45, 2.75) is 0 Å². The van der Waals surface area contributed by atoms with E-state index < -0.39 is 28.8 Å². The summed E-state index contributed by atoms with van der Waals surface area (Å²) in [5.74, 6) is -4.38.